The summed E-state index contributed by atoms with van der Waals surface area (Å²) in [6.07, 6.45) is 5.24. The Morgan fingerprint density at radius 2 is 1.72 bits per heavy atom. The van der Waals surface area contributed by atoms with Gasteiger partial charge in [-0.15, -0.1) is 0 Å². The minimum absolute atomic E-state index is 0.0308. The van der Waals surface area contributed by atoms with Crippen molar-refractivity contribution in [1.29, 1.82) is 0 Å². The summed E-state index contributed by atoms with van der Waals surface area (Å²) in [7, 11) is 0. The van der Waals surface area contributed by atoms with Gasteiger partial charge in [-0.25, -0.2) is 4.98 Å². The summed E-state index contributed by atoms with van der Waals surface area (Å²) in [5, 5.41) is 1.94. The van der Waals surface area contributed by atoms with Crippen LogP contribution in [0.15, 0.2) is 61.2 Å². The van der Waals surface area contributed by atoms with Crippen LogP contribution in [0.1, 0.15) is 24.1 Å². The molecule has 5 nitrogen and oxygen atoms in total. The highest BCUT2D eigenvalue weighted by Crippen LogP contribution is 2.27. The Labute approximate surface area is 164 Å². The highest BCUT2D eigenvalue weighted by Gasteiger charge is 2.16. The Kier molecular flexibility index (Phi) is 6.71. The van der Waals surface area contributed by atoms with E-state index in [1.54, 1.807) is 12.5 Å². The molecule has 1 aromatic heterocycles. The molecule has 0 aliphatic heterocycles. The van der Waals surface area contributed by atoms with E-state index in [-0.39, 0.29) is 17.5 Å². The van der Waals surface area contributed by atoms with Gasteiger partial charge in [0.2, 0.25) is 0 Å². The fraction of sp³-hybridized carbons (Fsp3) is 0.250. The Morgan fingerprint density at radius 1 is 1.00 bits per heavy atom. The maximum Gasteiger partial charge on any atom is 0.387 e. The number of nitrogens with two attached hydrogens (primary N) is 1. The maximum absolute atomic E-state index is 12.7. The number of imidazole rings is 1. The minimum atomic E-state index is -3.07. The summed E-state index contributed by atoms with van der Waals surface area (Å²) in [5.74, 6) is -0.417. The molecule has 1 atom stereocenters. The van der Waals surface area contributed by atoms with Gasteiger partial charge in [-0.3, -0.25) is 0 Å². The molecule has 0 aliphatic carbocycles. The van der Waals surface area contributed by atoms with E-state index in [1.807, 2.05) is 47.3 Å². The molecule has 0 aliphatic rings. The number of ether oxygens (including phenoxy) is 2. The van der Waals surface area contributed by atoms with Crippen molar-refractivity contribution in [3.05, 3.63) is 72.3 Å². The van der Waals surface area contributed by atoms with Gasteiger partial charge in [0, 0.05) is 35.3 Å². The van der Waals surface area contributed by atoms with Crippen molar-refractivity contribution in [2.45, 2.75) is 32.7 Å². The fourth-order valence-corrected chi connectivity index (χ4v) is 2.89. The topological polar surface area (TPSA) is 52.9 Å². The molecule has 0 amide bonds. The van der Waals surface area contributed by atoms with Crippen molar-refractivity contribution in [3.63, 3.8) is 0 Å². The Morgan fingerprint density at radius 3 is 2.34 bits per heavy atom. The molecule has 3 rings (SSSR count). The monoisotopic (exact) mass is 410 g/mol. The first-order chi connectivity index (χ1) is 13.9. The summed E-state index contributed by atoms with van der Waals surface area (Å²) in [6.45, 7) is -3.81. The summed E-state index contributed by atoms with van der Waals surface area (Å²) < 4.78 is 60.7. The van der Waals surface area contributed by atoms with Gasteiger partial charge < -0.3 is 19.4 Å². The van der Waals surface area contributed by atoms with Gasteiger partial charge in [0.15, 0.2) is 0 Å². The molecule has 2 N–H and O–H groups in total. The van der Waals surface area contributed by atoms with E-state index >= 15 is 0 Å². The zero-order chi connectivity index (χ0) is 20.8. The number of hydrogen-bond acceptors (Lipinski definition) is 3. The zero-order valence-electron chi connectivity index (χ0n) is 15.5. The Hall–Kier alpha value is -3.07. The second kappa shape index (κ2) is 9.42. The van der Waals surface area contributed by atoms with Crippen molar-refractivity contribution in [2.75, 3.05) is 0 Å². The highest BCUT2D eigenvalue weighted by atomic mass is 19.3. The summed E-state index contributed by atoms with van der Waals surface area (Å²) in [5.41, 5.74) is 2.47. The van der Waals surface area contributed by atoms with Gasteiger partial charge in [-0.05, 0) is 31.2 Å². The van der Waals surface area contributed by atoms with Crippen LogP contribution in [0.4, 0.5) is 17.6 Å². The number of rotatable bonds is 9. The molecule has 0 bridgehead atoms. The third-order valence-corrected chi connectivity index (χ3v) is 4.39. The van der Waals surface area contributed by atoms with Crippen LogP contribution in [0.3, 0.4) is 0 Å². The van der Waals surface area contributed by atoms with E-state index < -0.39 is 13.2 Å². The van der Waals surface area contributed by atoms with Gasteiger partial charge in [-0.2, -0.15) is 17.6 Å². The predicted octanol–water partition coefficient (Wildman–Crippen LogP) is 3.90. The van der Waals surface area contributed by atoms with Crippen LogP contribution in [0, 0.1) is 0 Å². The van der Waals surface area contributed by atoms with Crippen LogP contribution in [-0.4, -0.2) is 22.8 Å². The van der Waals surface area contributed by atoms with Gasteiger partial charge >= 0.3 is 13.2 Å². The number of benzene rings is 2. The van der Waals surface area contributed by atoms with Crippen LogP contribution in [0.5, 0.6) is 11.5 Å². The standard InChI is InChI=1S/C20H19F4N3O2/c1-13(14-2-5-16(6-3-14)27-9-8-25-12-27)26-11-15-4-7-17(28-19(21)22)10-18(15)29-20(23)24/h2-10,12-13,19-20,26H,11H2,1H3/p+1/t13-/m0/s1. The van der Waals surface area contributed by atoms with Crippen LogP contribution in [0.25, 0.3) is 5.69 Å². The van der Waals surface area contributed by atoms with Crippen LogP contribution in [-0.2, 0) is 6.54 Å². The summed E-state index contributed by atoms with van der Waals surface area (Å²) in [4.78, 5) is 4.01. The lowest BCUT2D eigenvalue weighted by Gasteiger charge is -2.15. The lowest BCUT2D eigenvalue weighted by molar-refractivity contribution is -0.708. The second-order valence-electron chi connectivity index (χ2n) is 6.32. The van der Waals surface area contributed by atoms with Crippen LogP contribution < -0.4 is 14.8 Å². The zero-order valence-corrected chi connectivity index (χ0v) is 15.5. The molecule has 0 saturated carbocycles. The number of hydrogen-bond donors (Lipinski definition) is 1. The van der Waals surface area contributed by atoms with E-state index in [0.29, 0.717) is 12.1 Å². The molecule has 0 fully saturated rings. The molecular weight excluding hydrogens is 390 g/mol. The molecule has 3 aromatic rings. The molecule has 1 heterocycles. The van der Waals surface area contributed by atoms with Gasteiger partial charge in [0.25, 0.3) is 0 Å². The van der Waals surface area contributed by atoms with E-state index in [9.17, 15) is 17.6 Å². The van der Waals surface area contributed by atoms with Crippen LogP contribution >= 0.6 is 0 Å². The molecule has 2 aromatic carbocycles. The molecule has 0 unspecified atom stereocenters. The number of aromatic nitrogens is 2. The molecule has 0 radical (unpaired) electrons. The Balaban J connectivity index is 1.67. The van der Waals surface area contributed by atoms with E-state index in [1.165, 1.54) is 12.1 Å². The van der Waals surface area contributed by atoms with Crippen molar-refractivity contribution < 1.29 is 32.4 Å². The van der Waals surface area contributed by atoms with Gasteiger partial charge in [-0.1, -0.05) is 12.1 Å². The van der Waals surface area contributed by atoms with Crippen molar-refractivity contribution in [1.82, 2.24) is 9.55 Å². The number of quaternary nitrogens is 1. The molecule has 0 saturated heterocycles. The first kappa shape index (κ1) is 20.7. The lowest BCUT2D eigenvalue weighted by atomic mass is 10.1. The quantitative estimate of drug-likeness (QED) is 0.545. The first-order valence-electron chi connectivity index (χ1n) is 8.86. The predicted molar refractivity (Wildman–Crippen MR) is 97.3 cm³/mol. The number of alkyl halides is 4. The maximum atomic E-state index is 12.7. The SMILES string of the molecule is C[C@H]([NH2+]Cc1ccc(OC(F)F)cc1OC(F)F)c1ccc(-n2ccnc2)cc1. The summed E-state index contributed by atoms with van der Waals surface area (Å²) >= 11 is 0. The molecule has 29 heavy (non-hydrogen) atoms. The molecular formula is C20H20F4N3O2+. The molecule has 9 heteroatoms. The normalized spacial score (nSPS) is 12.4. The average molecular weight is 410 g/mol. The lowest BCUT2D eigenvalue weighted by Crippen LogP contribution is -2.83. The third kappa shape index (κ3) is 5.71. The number of nitrogens with zero attached hydrogens (tertiary/aromatic N) is 2. The highest BCUT2D eigenvalue weighted by molar-refractivity contribution is 5.40. The Bertz CT molecular complexity index is 903. The van der Waals surface area contributed by atoms with Gasteiger partial charge in [0.05, 0.1) is 6.33 Å². The molecule has 154 valence electrons. The minimum Gasteiger partial charge on any atom is -0.435 e. The molecule has 0 spiro atoms. The van der Waals surface area contributed by atoms with E-state index in [4.69, 9.17) is 0 Å². The first-order valence-corrected chi connectivity index (χ1v) is 8.86. The number of halogens is 4. The van der Waals surface area contributed by atoms with Crippen molar-refractivity contribution >= 4 is 0 Å². The third-order valence-electron chi connectivity index (χ3n) is 4.39. The average Bonchev–Trinajstić information content (AvgIpc) is 3.21. The van der Waals surface area contributed by atoms with E-state index in [2.05, 4.69) is 14.5 Å². The smallest absolute Gasteiger partial charge is 0.387 e. The van der Waals surface area contributed by atoms with Crippen molar-refractivity contribution in [3.8, 4) is 17.2 Å². The van der Waals surface area contributed by atoms with Crippen LogP contribution in [0.2, 0.25) is 0 Å². The van der Waals surface area contributed by atoms with E-state index in [0.717, 1.165) is 17.3 Å². The van der Waals surface area contributed by atoms with Gasteiger partial charge in [0.1, 0.15) is 24.1 Å². The summed E-state index contributed by atoms with van der Waals surface area (Å²) in [6, 6.07) is 11.7. The second-order valence-corrected chi connectivity index (χ2v) is 6.32. The van der Waals surface area contributed by atoms with Crippen molar-refractivity contribution in [2.24, 2.45) is 0 Å². The fourth-order valence-electron chi connectivity index (χ4n) is 2.89. The largest absolute Gasteiger partial charge is 0.435 e.